The molecule has 7 nitrogen and oxygen atoms in total. The Morgan fingerprint density at radius 2 is 1.85 bits per heavy atom. The lowest BCUT2D eigenvalue weighted by Crippen LogP contribution is -2.58. The quantitative estimate of drug-likeness (QED) is 0.553. The van der Waals surface area contributed by atoms with Crippen molar-refractivity contribution in [2.75, 3.05) is 0 Å². The van der Waals surface area contributed by atoms with Crippen LogP contribution in [0, 0.1) is 0 Å². The van der Waals surface area contributed by atoms with E-state index in [0.717, 1.165) is 18.2 Å². The fourth-order valence-corrected chi connectivity index (χ4v) is 3.23. The highest BCUT2D eigenvalue weighted by atomic mass is 16.3. The van der Waals surface area contributed by atoms with Crippen LogP contribution in [0.3, 0.4) is 0 Å². The average molecular weight is 364 g/mol. The molecule has 3 aromatic rings. The van der Waals surface area contributed by atoms with Crippen LogP contribution in [-0.2, 0) is 6.61 Å². The zero-order chi connectivity index (χ0) is 18.8. The maximum absolute atomic E-state index is 12.5. The number of nitrogens with zero attached hydrogens (tertiary/aromatic N) is 1. The molecule has 0 radical (unpaired) electrons. The molecule has 2 atom stereocenters. The van der Waals surface area contributed by atoms with Gasteiger partial charge in [0.2, 0.25) is 0 Å². The number of benzene rings is 1. The van der Waals surface area contributed by atoms with Gasteiger partial charge in [-0.05, 0) is 48.7 Å². The molecule has 0 saturated heterocycles. The molecule has 1 aliphatic carbocycles. The third-order valence-electron chi connectivity index (χ3n) is 4.92. The Hall–Kier alpha value is -3.19. The number of amides is 2. The Balaban J connectivity index is 1.38. The second-order valence-electron chi connectivity index (χ2n) is 6.72. The van der Waals surface area contributed by atoms with Crippen LogP contribution in [0.15, 0.2) is 48.7 Å². The van der Waals surface area contributed by atoms with Gasteiger partial charge in [0.25, 0.3) is 11.8 Å². The number of hydrogen-bond acceptors (Lipinski definition) is 4. The zero-order valence-corrected chi connectivity index (χ0v) is 14.6. The lowest BCUT2D eigenvalue weighted by atomic mass is 9.86. The first-order valence-electron chi connectivity index (χ1n) is 8.89. The van der Waals surface area contributed by atoms with E-state index in [1.807, 2.05) is 12.1 Å². The number of hydrogen-bond donors (Lipinski definition) is 4. The summed E-state index contributed by atoms with van der Waals surface area (Å²) in [6.45, 7) is -0.109. The zero-order valence-electron chi connectivity index (χ0n) is 14.6. The van der Waals surface area contributed by atoms with Gasteiger partial charge in [0.1, 0.15) is 11.3 Å². The van der Waals surface area contributed by atoms with Gasteiger partial charge in [-0.3, -0.25) is 9.59 Å². The molecule has 0 bridgehead atoms. The second-order valence-corrected chi connectivity index (χ2v) is 6.72. The van der Waals surface area contributed by atoms with E-state index in [4.69, 9.17) is 0 Å². The summed E-state index contributed by atoms with van der Waals surface area (Å²) in [4.78, 5) is 32.1. The van der Waals surface area contributed by atoms with Crippen molar-refractivity contribution >= 4 is 22.8 Å². The Bertz CT molecular complexity index is 965. The van der Waals surface area contributed by atoms with E-state index in [9.17, 15) is 14.7 Å². The van der Waals surface area contributed by atoms with Crippen LogP contribution in [0.4, 0.5) is 0 Å². The molecule has 4 N–H and O–H groups in total. The van der Waals surface area contributed by atoms with Gasteiger partial charge in [-0.1, -0.05) is 12.1 Å². The molecule has 1 aromatic carbocycles. The molecule has 0 unspecified atom stereocenters. The molecule has 2 aromatic heterocycles. The van der Waals surface area contributed by atoms with Crippen LogP contribution in [-0.4, -0.2) is 39.0 Å². The first-order valence-corrected chi connectivity index (χ1v) is 8.89. The number of fused-ring (bicyclic) bond motifs is 1. The first-order chi connectivity index (χ1) is 13.1. The SMILES string of the molecule is O=C(N[C@@H]1CC[C@@H]1NC(=O)c1cc2cccnc2[nH]1)c1cccc(CO)c1. The fourth-order valence-electron chi connectivity index (χ4n) is 3.23. The Morgan fingerprint density at radius 1 is 1.07 bits per heavy atom. The smallest absolute Gasteiger partial charge is 0.268 e. The van der Waals surface area contributed by atoms with E-state index >= 15 is 0 Å². The molecule has 27 heavy (non-hydrogen) atoms. The number of carbonyl (C=O) groups is 2. The molecule has 1 fully saturated rings. The maximum Gasteiger partial charge on any atom is 0.268 e. The number of aliphatic hydroxyl groups is 1. The van der Waals surface area contributed by atoms with Gasteiger partial charge < -0.3 is 20.7 Å². The van der Waals surface area contributed by atoms with E-state index < -0.39 is 0 Å². The van der Waals surface area contributed by atoms with E-state index in [1.54, 1.807) is 36.5 Å². The van der Waals surface area contributed by atoms with Crippen molar-refractivity contribution in [2.45, 2.75) is 31.5 Å². The summed E-state index contributed by atoms with van der Waals surface area (Å²) in [7, 11) is 0. The van der Waals surface area contributed by atoms with Gasteiger partial charge in [-0.2, -0.15) is 0 Å². The van der Waals surface area contributed by atoms with Gasteiger partial charge in [0.05, 0.1) is 6.61 Å². The molecule has 138 valence electrons. The standard InChI is InChI=1S/C20H20N4O3/c25-11-12-3-1-4-14(9-12)19(26)23-15-6-7-16(15)24-20(27)17-10-13-5-2-8-21-18(13)22-17/h1-5,8-10,15-16,25H,6-7,11H2,(H,21,22)(H,23,26)(H,24,27)/t15-,16+/m1/s1. The average Bonchev–Trinajstić information content (AvgIpc) is 3.13. The molecule has 4 rings (SSSR count). The fraction of sp³-hybridized carbons (Fsp3) is 0.250. The number of aromatic nitrogens is 2. The lowest BCUT2D eigenvalue weighted by Gasteiger charge is -2.37. The van der Waals surface area contributed by atoms with Gasteiger partial charge >= 0.3 is 0 Å². The Kier molecular flexibility index (Phi) is 4.60. The van der Waals surface area contributed by atoms with Crippen molar-refractivity contribution in [3.8, 4) is 0 Å². The minimum atomic E-state index is -0.209. The highest BCUT2D eigenvalue weighted by Crippen LogP contribution is 2.22. The topological polar surface area (TPSA) is 107 Å². The molecule has 7 heteroatoms. The largest absolute Gasteiger partial charge is 0.392 e. The number of aliphatic hydroxyl groups excluding tert-OH is 1. The van der Waals surface area contributed by atoms with Crippen LogP contribution < -0.4 is 10.6 Å². The minimum absolute atomic E-state index is 0.109. The summed E-state index contributed by atoms with van der Waals surface area (Å²) >= 11 is 0. The summed E-state index contributed by atoms with van der Waals surface area (Å²) in [5.74, 6) is -0.414. The highest BCUT2D eigenvalue weighted by Gasteiger charge is 2.33. The van der Waals surface area contributed by atoms with Crippen LogP contribution in [0.1, 0.15) is 39.3 Å². The van der Waals surface area contributed by atoms with Crippen LogP contribution >= 0.6 is 0 Å². The van der Waals surface area contributed by atoms with Gasteiger partial charge in [0, 0.05) is 29.2 Å². The van der Waals surface area contributed by atoms with Crippen molar-refractivity contribution in [2.24, 2.45) is 0 Å². The third kappa shape index (κ3) is 3.54. The monoisotopic (exact) mass is 364 g/mol. The minimum Gasteiger partial charge on any atom is -0.392 e. The van der Waals surface area contributed by atoms with Crippen molar-refractivity contribution in [3.63, 3.8) is 0 Å². The molecule has 0 spiro atoms. The van der Waals surface area contributed by atoms with Crippen LogP contribution in [0.2, 0.25) is 0 Å². The maximum atomic E-state index is 12.5. The summed E-state index contributed by atoms with van der Waals surface area (Å²) in [6.07, 6.45) is 3.29. The number of nitrogens with one attached hydrogen (secondary N) is 3. The number of carbonyl (C=O) groups excluding carboxylic acids is 2. The molecule has 1 saturated carbocycles. The Labute approximate surface area is 155 Å². The number of H-pyrrole nitrogens is 1. The van der Waals surface area contributed by atoms with E-state index in [0.29, 0.717) is 22.5 Å². The molecular weight excluding hydrogens is 344 g/mol. The van der Waals surface area contributed by atoms with E-state index in [1.165, 1.54) is 0 Å². The molecule has 2 amide bonds. The summed E-state index contributed by atoms with van der Waals surface area (Å²) in [5, 5.41) is 16.0. The summed E-state index contributed by atoms with van der Waals surface area (Å²) in [6, 6.07) is 12.1. The molecule has 1 aliphatic rings. The lowest BCUT2D eigenvalue weighted by molar-refractivity contribution is 0.0827. The second kappa shape index (κ2) is 7.20. The highest BCUT2D eigenvalue weighted by molar-refractivity contribution is 5.98. The normalized spacial score (nSPS) is 18.7. The molecule has 0 aliphatic heterocycles. The number of rotatable bonds is 5. The van der Waals surface area contributed by atoms with Crippen molar-refractivity contribution < 1.29 is 14.7 Å². The van der Waals surface area contributed by atoms with Crippen LogP contribution in [0.5, 0.6) is 0 Å². The summed E-state index contributed by atoms with van der Waals surface area (Å²) in [5.41, 5.74) is 2.31. The van der Waals surface area contributed by atoms with Crippen molar-refractivity contribution in [1.82, 2.24) is 20.6 Å². The van der Waals surface area contributed by atoms with Crippen molar-refractivity contribution in [1.29, 1.82) is 0 Å². The first kappa shape index (κ1) is 17.2. The van der Waals surface area contributed by atoms with Crippen LogP contribution in [0.25, 0.3) is 11.0 Å². The third-order valence-corrected chi connectivity index (χ3v) is 4.92. The number of pyridine rings is 1. The van der Waals surface area contributed by atoms with E-state index in [2.05, 4.69) is 20.6 Å². The Morgan fingerprint density at radius 3 is 2.56 bits per heavy atom. The number of aromatic amines is 1. The predicted octanol–water partition coefficient (Wildman–Crippen LogP) is 1.75. The van der Waals surface area contributed by atoms with Gasteiger partial charge in [-0.15, -0.1) is 0 Å². The van der Waals surface area contributed by atoms with Gasteiger partial charge in [0.15, 0.2) is 0 Å². The van der Waals surface area contributed by atoms with Gasteiger partial charge in [-0.25, -0.2) is 4.98 Å². The van der Waals surface area contributed by atoms with Crippen molar-refractivity contribution in [3.05, 3.63) is 65.5 Å². The molecule has 2 heterocycles. The molecular formula is C20H20N4O3. The predicted molar refractivity (Wildman–Crippen MR) is 100 cm³/mol. The summed E-state index contributed by atoms with van der Waals surface area (Å²) < 4.78 is 0. The van der Waals surface area contributed by atoms with E-state index in [-0.39, 0.29) is 30.5 Å².